The van der Waals surface area contributed by atoms with Crippen molar-refractivity contribution in [3.8, 4) is 0 Å². The van der Waals surface area contributed by atoms with Crippen LogP contribution in [0.1, 0.15) is 0 Å². The van der Waals surface area contributed by atoms with Gasteiger partial charge in [0.05, 0.1) is 26.4 Å². The van der Waals surface area contributed by atoms with Crippen LogP contribution in [-0.4, -0.2) is 67.6 Å². The molecule has 0 atom stereocenters. The van der Waals surface area contributed by atoms with Gasteiger partial charge in [0.25, 0.3) is 0 Å². The molecule has 0 saturated carbocycles. The molecule has 0 radical (unpaired) electrons. The Bertz CT molecular complexity index is 401. The monoisotopic (exact) mass is 302 g/mol. The van der Waals surface area contributed by atoms with Crippen molar-refractivity contribution in [2.45, 2.75) is 0 Å². The second-order valence-electron chi connectivity index (χ2n) is 4.49. The number of hydrogen-bond acceptors (Lipinski definition) is 8. The topological polar surface area (TPSA) is 89.6 Å². The van der Waals surface area contributed by atoms with E-state index < -0.39 is 0 Å². The summed E-state index contributed by atoms with van der Waals surface area (Å²) in [5.74, 6) is 1.53. The van der Waals surface area contributed by atoms with Crippen molar-refractivity contribution in [3.63, 3.8) is 0 Å². The summed E-state index contributed by atoms with van der Waals surface area (Å²) in [5, 5.41) is 0. The van der Waals surface area contributed by atoms with Gasteiger partial charge in [-0.05, 0) is 0 Å². The standard InChI is InChI=1S/C11H18N6O2.ClH/c12-9-13-10(16-1-5-18-6-2-16)15-11(14-9)17-3-7-19-8-4-17;/h1-8H2,(H2,12,13,14,15);1H. The lowest BCUT2D eigenvalue weighted by Crippen LogP contribution is -2.40. The average Bonchev–Trinajstić information content (AvgIpc) is 2.48. The van der Waals surface area contributed by atoms with Crippen LogP contribution < -0.4 is 15.5 Å². The molecule has 0 aliphatic carbocycles. The maximum atomic E-state index is 5.79. The highest BCUT2D eigenvalue weighted by Gasteiger charge is 2.19. The second-order valence-corrected chi connectivity index (χ2v) is 4.49. The number of ether oxygens (including phenoxy) is 2. The van der Waals surface area contributed by atoms with Gasteiger partial charge in [-0.1, -0.05) is 0 Å². The molecular weight excluding hydrogens is 284 g/mol. The van der Waals surface area contributed by atoms with Crippen LogP contribution in [0.2, 0.25) is 0 Å². The van der Waals surface area contributed by atoms with E-state index in [1.54, 1.807) is 0 Å². The van der Waals surface area contributed by atoms with Gasteiger partial charge in [-0.2, -0.15) is 15.0 Å². The first-order valence-electron chi connectivity index (χ1n) is 6.50. The molecule has 0 amide bonds. The fourth-order valence-corrected chi connectivity index (χ4v) is 2.18. The summed E-state index contributed by atoms with van der Waals surface area (Å²) < 4.78 is 10.7. The van der Waals surface area contributed by atoms with Gasteiger partial charge in [0.1, 0.15) is 0 Å². The second kappa shape index (κ2) is 6.87. The molecule has 0 bridgehead atoms. The van der Waals surface area contributed by atoms with Crippen molar-refractivity contribution in [2.24, 2.45) is 0 Å². The van der Waals surface area contributed by atoms with E-state index in [-0.39, 0.29) is 18.4 Å². The Hall–Kier alpha value is -1.38. The van der Waals surface area contributed by atoms with Crippen molar-refractivity contribution in [1.82, 2.24) is 15.0 Å². The molecule has 0 aromatic carbocycles. The van der Waals surface area contributed by atoms with Crippen molar-refractivity contribution in [1.29, 1.82) is 0 Å². The summed E-state index contributed by atoms with van der Waals surface area (Å²) in [6, 6.07) is 0. The Balaban J connectivity index is 0.00000147. The number of morpholine rings is 2. The number of hydrogen-bond donors (Lipinski definition) is 1. The molecule has 2 fully saturated rings. The van der Waals surface area contributed by atoms with Crippen LogP contribution in [0, 0.1) is 0 Å². The molecule has 1 aromatic heterocycles. The molecule has 3 rings (SSSR count). The van der Waals surface area contributed by atoms with Crippen LogP contribution in [0.15, 0.2) is 0 Å². The minimum absolute atomic E-state index is 0. The van der Waals surface area contributed by atoms with Crippen LogP contribution in [0.4, 0.5) is 17.8 Å². The summed E-state index contributed by atoms with van der Waals surface area (Å²) in [7, 11) is 0. The highest BCUT2D eigenvalue weighted by atomic mass is 35.5. The average molecular weight is 303 g/mol. The van der Waals surface area contributed by atoms with Gasteiger partial charge < -0.3 is 25.0 Å². The predicted molar refractivity (Wildman–Crippen MR) is 77.6 cm³/mol. The van der Waals surface area contributed by atoms with Crippen LogP contribution in [0.25, 0.3) is 0 Å². The third kappa shape index (κ3) is 3.38. The molecule has 2 aliphatic rings. The van der Waals surface area contributed by atoms with E-state index in [0.717, 1.165) is 26.2 Å². The summed E-state index contributed by atoms with van der Waals surface area (Å²) in [6.07, 6.45) is 0. The van der Waals surface area contributed by atoms with Gasteiger partial charge >= 0.3 is 0 Å². The number of nitrogen functional groups attached to an aromatic ring is 1. The SMILES string of the molecule is Cl.Nc1nc(N2CCOCC2)nc(N2CCOCC2)n1. The smallest absolute Gasteiger partial charge is 0.232 e. The number of rotatable bonds is 2. The Morgan fingerprint density at radius 3 is 1.55 bits per heavy atom. The van der Waals surface area contributed by atoms with E-state index in [1.807, 2.05) is 0 Å². The fraction of sp³-hybridized carbons (Fsp3) is 0.727. The van der Waals surface area contributed by atoms with Crippen LogP contribution in [0.3, 0.4) is 0 Å². The summed E-state index contributed by atoms with van der Waals surface area (Å²) >= 11 is 0. The minimum atomic E-state index is 0. The Morgan fingerprint density at radius 1 is 0.750 bits per heavy atom. The zero-order valence-corrected chi connectivity index (χ0v) is 12.0. The number of halogens is 1. The maximum Gasteiger partial charge on any atom is 0.232 e. The van der Waals surface area contributed by atoms with Gasteiger partial charge in [-0.25, -0.2) is 0 Å². The van der Waals surface area contributed by atoms with Gasteiger partial charge in [0.2, 0.25) is 17.8 Å². The molecule has 2 N–H and O–H groups in total. The zero-order chi connectivity index (χ0) is 13.1. The van der Waals surface area contributed by atoms with Crippen molar-refractivity contribution < 1.29 is 9.47 Å². The lowest BCUT2D eigenvalue weighted by Gasteiger charge is -2.29. The first-order valence-corrected chi connectivity index (χ1v) is 6.50. The van der Waals surface area contributed by atoms with Crippen LogP contribution in [0.5, 0.6) is 0 Å². The molecule has 0 spiro atoms. The maximum absolute atomic E-state index is 5.79. The molecule has 2 saturated heterocycles. The van der Waals surface area contributed by atoms with Gasteiger partial charge in [0.15, 0.2) is 0 Å². The molecule has 8 nitrogen and oxygen atoms in total. The van der Waals surface area contributed by atoms with Crippen molar-refractivity contribution in [2.75, 3.05) is 68.1 Å². The minimum Gasteiger partial charge on any atom is -0.378 e. The van der Waals surface area contributed by atoms with E-state index in [4.69, 9.17) is 15.2 Å². The number of nitrogens with two attached hydrogens (primary N) is 1. The van der Waals surface area contributed by atoms with Crippen LogP contribution >= 0.6 is 12.4 Å². The highest BCUT2D eigenvalue weighted by Crippen LogP contribution is 2.17. The zero-order valence-electron chi connectivity index (χ0n) is 11.2. The lowest BCUT2D eigenvalue weighted by molar-refractivity contribution is 0.121. The first kappa shape index (κ1) is 15.0. The predicted octanol–water partition coefficient (Wildman–Crippen LogP) is -0.451. The third-order valence-corrected chi connectivity index (χ3v) is 3.22. The lowest BCUT2D eigenvalue weighted by atomic mass is 10.4. The summed E-state index contributed by atoms with van der Waals surface area (Å²) in [4.78, 5) is 17.1. The molecule has 3 heterocycles. The molecule has 20 heavy (non-hydrogen) atoms. The van der Waals surface area contributed by atoms with Gasteiger partial charge in [-0.3, -0.25) is 0 Å². The van der Waals surface area contributed by atoms with E-state index in [2.05, 4.69) is 24.8 Å². The number of anilines is 3. The van der Waals surface area contributed by atoms with E-state index >= 15 is 0 Å². The Labute approximate surface area is 123 Å². The number of aromatic nitrogens is 3. The third-order valence-electron chi connectivity index (χ3n) is 3.22. The van der Waals surface area contributed by atoms with E-state index in [9.17, 15) is 0 Å². The molecule has 112 valence electrons. The van der Waals surface area contributed by atoms with Crippen LogP contribution in [-0.2, 0) is 9.47 Å². The first-order chi connectivity index (χ1) is 9.33. The molecule has 1 aromatic rings. The molecule has 9 heteroatoms. The Morgan fingerprint density at radius 2 is 1.15 bits per heavy atom. The molecule has 2 aliphatic heterocycles. The Kier molecular flexibility index (Phi) is 5.16. The summed E-state index contributed by atoms with van der Waals surface area (Å²) in [5.41, 5.74) is 5.79. The summed E-state index contributed by atoms with van der Waals surface area (Å²) in [6.45, 7) is 5.91. The van der Waals surface area contributed by atoms with E-state index in [1.165, 1.54) is 0 Å². The quantitative estimate of drug-likeness (QED) is 0.785. The molecular formula is C11H19ClN6O2. The highest BCUT2D eigenvalue weighted by molar-refractivity contribution is 5.85. The van der Waals surface area contributed by atoms with Crippen molar-refractivity contribution in [3.05, 3.63) is 0 Å². The number of nitrogens with zero attached hydrogens (tertiary/aromatic N) is 5. The van der Waals surface area contributed by atoms with E-state index in [0.29, 0.717) is 38.3 Å². The van der Waals surface area contributed by atoms with Gasteiger partial charge in [-0.15, -0.1) is 12.4 Å². The van der Waals surface area contributed by atoms with Crippen molar-refractivity contribution >= 4 is 30.3 Å². The molecule has 0 unspecified atom stereocenters. The van der Waals surface area contributed by atoms with Gasteiger partial charge in [0, 0.05) is 26.2 Å². The normalized spacial score (nSPS) is 19.6. The fourth-order valence-electron chi connectivity index (χ4n) is 2.18. The largest absolute Gasteiger partial charge is 0.378 e.